The molecular weight excluding hydrogens is 412 g/mol. The van der Waals surface area contributed by atoms with Crippen LogP contribution in [-0.2, 0) is 17.8 Å². The molecule has 3 aromatic rings. The van der Waals surface area contributed by atoms with Crippen molar-refractivity contribution in [3.8, 4) is 5.75 Å². The Hall–Kier alpha value is -3.18. The van der Waals surface area contributed by atoms with E-state index in [1.165, 1.54) is 21.9 Å². The molecule has 0 aliphatic carbocycles. The van der Waals surface area contributed by atoms with Crippen molar-refractivity contribution < 1.29 is 14.3 Å². The summed E-state index contributed by atoms with van der Waals surface area (Å²) in [6, 6.07) is 20.8. The number of carbonyl (C=O) groups is 2. The van der Waals surface area contributed by atoms with E-state index < -0.39 is 0 Å². The molecule has 0 radical (unpaired) electrons. The van der Waals surface area contributed by atoms with Crippen LogP contribution in [-0.4, -0.2) is 43.3 Å². The summed E-state index contributed by atoms with van der Waals surface area (Å²) in [5, 5.41) is 5.69. The molecule has 0 bridgehead atoms. The summed E-state index contributed by atoms with van der Waals surface area (Å²) < 4.78 is 5.22. The quantitative estimate of drug-likeness (QED) is 0.382. The Bertz CT molecular complexity index is 1100. The first-order valence-electron chi connectivity index (χ1n) is 11.8. The summed E-state index contributed by atoms with van der Waals surface area (Å²) >= 11 is 0. The normalized spacial score (nSPS) is 14.8. The van der Waals surface area contributed by atoms with Gasteiger partial charge in [-0.15, -0.1) is 0 Å². The molecular formula is C28H32N2O3. The number of benzene rings is 3. The van der Waals surface area contributed by atoms with Crippen molar-refractivity contribution >= 4 is 23.0 Å². The fourth-order valence-electron chi connectivity index (χ4n) is 4.52. The molecule has 1 heterocycles. The van der Waals surface area contributed by atoms with Gasteiger partial charge in [0.05, 0.1) is 7.11 Å². The van der Waals surface area contributed by atoms with Crippen LogP contribution in [0.25, 0.3) is 10.8 Å². The second-order valence-electron chi connectivity index (χ2n) is 8.83. The molecule has 1 aliphatic heterocycles. The highest BCUT2D eigenvalue weighted by Gasteiger charge is 2.21. The second-order valence-corrected chi connectivity index (χ2v) is 8.83. The third-order valence-electron chi connectivity index (χ3n) is 6.42. The number of likely N-dealkylation sites (tertiary alicyclic amines) is 1. The topological polar surface area (TPSA) is 58.6 Å². The summed E-state index contributed by atoms with van der Waals surface area (Å²) in [4.78, 5) is 25.6. The van der Waals surface area contributed by atoms with Crippen LogP contribution < -0.4 is 10.1 Å². The molecule has 0 spiro atoms. The molecule has 1 fully saturated rings. The third kappa shape index (κ3) is 6.20. The van der Waals surface area contributed by atoms with Crippen molar-refractivity contribution in [2.75, 3.05) is 20.2 Å². The van der Waals surface area contributed by atoms with Gasteiger partial charge in [0.2, 0.25) is 0 Å². The number of nitrogens with zero attached hydrogens (tertiary/aromatic N) is 1. The highest BCUT2D eigenvalue weighted by molar-refractivity contribution is 5.94. The van der Waals surface area contributed by atoms with Crippen molar-refractivity contribution in [2.45, 2.75) is 44.7 Å². The van der Waals surface area contributed by atoms with Crippen LogP contribution in [0, 0.1) is 0 Å². The van der Waals surface area contributed by atoms with Crippen molar-refractivity contribution in [1.82, 2.24) is 10.2 Å². The average molecular weight is 445 g/mol. The highest BCUT2D eigenvalue weighted by atomic mass is 16.5. The van der Waals surface area contributed by atoms with Gasteiger partial charge in [-0.3, -0.25) is 9.69 Å². The Morgan fingerprint density at radius 1 is 1.03 bits per heavy atom. The molecule has 5 nitrogen and oxygen atoms in total. The molecule has 1 aliphatic rings. The van der Waals surface area contributed by atoms with Crippen LogP contribution in [0.3, 0.4) is 0 Å². The predicted octanol–water partition coefficient (Wildman–Crippen LogP) is 4.76. The minimum atomic E-state index is -0.0363. The van der Waals surface area contributed by atoms with Gasteiger partial charge in [0.25, 0.3) is 5.91 Å². The number of nitrogens with one attached hydrogen (secondary N) is 1. The van der Waals surface area contributed by atoms with E-state index in [-0.39, 0.29) is 11.9 Å². The molecule has 172 valence electrons. The molecule has 5 heteroatoms. The maximum atomic E-state index is 12.6. The molecule has 0 atom stereocenters. The number of aldehydes is 1. The summed E-state index contributed by atoms with van der Waals surface area (Å²) in [5.41, 5.74) is 3.24. The number of ether oxygens (including phenoxy) is 1. The average Bonchev–Trinajstić information content (AvgIpc) is 2.85. The number of piperidine rings is 1. The van der Waals surface area contributed by atoms with Crippen LogP contribution in [0.15, 0.2) is 60.7 Å². The second kappa shape index (κ2) is 11.1. The number of rotatable bonds is 9. The van der Waals surface area contributed by atoms with E-state index in [1.807, 2.05) is 18.2 Å². The summed E-state index contributed by atoms with van der Waals surface area (Å²) in [6.07, 6.45) is 5.35. The molecule has 0 aromatic heterocycles. The summed E-state index contributed by atoms with van der Waals surface area (Å²) in [6.45, 7) is 2.85. The first-order chi connectivity index (χ1) is 16.1. The molecule has 3 aromatic carbocycles. The van der Waals surface area contributed by atoms with Gasteiger partial charge < -0.3 is 14.8 Å². The molecule has 1 saturated heterocycles. The van der Waals surface area contributed by atoms with E-state index in [0.29, 0.717) is 17.7 Å². The fourth-order valence-corrected chi connectivity index (χ4v) is 4.52. The third-order valence-corrected chi connectivity index (χ3v) is 6.42. The Balaban J connectivity index is 1.30. The molecule has 1 amide bonds. The SMILES string of the molecule is COc1cccc(C(=O)NC2CCN(Cc3ccc4ccc(CCCC=O)cc4c3)CC2)c1. The zero-order valence-corrected chi connectivity index (χ0v) is 19.3. The van der Waals surface area contributed by atoms with Crippen LogP contribution in [0.2, 0.25) is 0 Å². The van der Waals surface area contributed by atoms with Crippen LogP contribution in [0.5, 0.6) is 5.75 Å². The lowest BCUT2D eigenvalue weighted by Crippen LogP contribution is -2.44. The lowest BCUT2D eigenvalue weighted by atomic mass is 10.00. The van der Waals surface area contributed by atoms with E-state index in [1.54, 1.807) is 13.2 Å². The minimum absolute atomic E-state index is 0.0363. The fraction of sp³-hybridized carbons (Fsp3) is 0.357. The van der Waals surface area contributed by atoms with Crippen molar-refractivity contribution in [3.63, 3.8) is 0 Å². The number of hydrogen-bond acceptors (Lipinski definition) is 4. The number of carbonyl (C=O) groups excluding carboxylic acids is 2. The smallest absolute Gasteiger partial charge is 0.251 e. The van der Waals surface area contributed by atoms with Gasteiger partial charge >= 0.3 is 0 Å². The number of unbranched alkanes of at least 4 members (excludes halogenated alkanes) is 1. The maximum absolute atomic E-state index is 12.6. The molecule has 0 unspecified atom stereocenters. The largest absolute Gasteiger partial charge is 0.497 e. The Morgan fingerprint density at radius 3 is 2.55 bits per heavy atom. The molecule has 1 N–H and O–H groups in total. The van der Waals surface area contributed by atoms with Crippen LogP contribution >= 0.6 is 0 Å². The van der Waals surface area contributed by atoms with E-state index in [2.05, 4.69) is 46.6 Å². The van der Waals surface area contributed by atoms with Gasteiger partial charge in [0, 0.05) is 37.7 Å². The molecule has 33 heavy (non-hydrogen) atoms. The Labute approximate surface area is 195 Å². The monoisotopic (exact) mass is 444 g/mol. The van der Waals surface area contributed by atoms with Gasteiger partial charge in [-0.05, 0) is 71.8 Å². The maximum Gasteiger partial charge on any atom is 0.251 e. The van der Waals surface area contributed by atoms with Crippen molar-refractivity contribution in [3.05, 3.63) is 77.4 Å². The molecule has 4 rings (SSSR count). The van der Waals surface area contributed by atoms with Gasteiger partial charge in [0.15, 0.2) is 0 Å². The first kappa shape index (κ1) is 23.0. The number of amides is 1. The van der Waals surface area contributed by atoms with E-state index >= 15 is 0 Å². The van der Waals surface area contributed by atoms with Gasteiger partial charge in [-0.2, -0.15) is 0 Å². The zero-order chi connectivity index (χ0) is 23.0. The standard InChI is InChI=1S/C28H32N2O3/c1-33-27-7-4-6-24(19-27)28(32)29-26-12-14-30(15-13-26)20-22-9-11-23-10-8-21(5-2-3-16-31)17-25(23)18-22/h4,6-11,16-19,26H,2-3,5,12-15,20H2,1H3,(H,29,32). The zero-order valence-electron chi connectivity index (χ0n) is 19.3. The minimum Gasteiger partial charge on any atom is -0.497 e. The Kier molecular flexibility index (Phi) is 7.74. The highest BCUT2D eigenvalue weighted by Crippen LogP contribution is 2.22. The van der Waals surface area contributed by atoms with Crippen LogP contribution in [0.1, 0.15) is 47.2 Å². The van der Waals surface area contributed by atoms with Gasteiger partial charge in [-0.25, -0.2) is 0 Å². The van der Waals surface area contributed by atoms with Crippen molar-refractivity contribution in [2.24, 2.45) is 0 Å². The number of hydrogen-bond donors (Lipinski definition) is 1. The Morgan fingerprint density at radius 2 is 1.79 bits per heavy atom. The lowest BCUT2D eigenvalue weighted by molar-refractivity contribution is -0.107. The van der Waals surface area contributed by atoms with Gasteiger partial charge in [0.1, 0.15) is 12.0 Å². The summed E-state index contributed by atoms with van der Waals surface area (Å²) in [7, 11) is 1.61. The van der Waals surface area contributed by atoms with E-state index in [4.69, 9.17) is 4.74 Å². The van der Waals surface area contributed by atoms with Crippen molar-refractivity contribution in [1.29, 1.82) is 0 Å². The summed E-state index contributed by atoms with van der Waals surface area (Å²) in [5.74, 6) is 0.659. The van der Waals surface area contributed by atoms with Gasteiger partial charge in [-0.1, -0.05) is 36.4 Å². The number of aryl methyl sites for hydroxylation is 1. The van der Waals surface area contributed by atoms with E-state index in [0.717, 1.165) is 51.6 Å². The lowest BCUT2D eigenvalue weighted by Gasteiger charge is -2.32. The number of methoxy groups -OCH3 is 1. The first-order valence-corrected chi connectivity index (χ1v) is 11.8. The van der Waals surface area contributed by atoms with E-state index in [9.17, 15) is 9.59 Å². The number of fused-ring (bicyclic) bond motifs is 1. The van der Waals surface area contributed by atoms with Crippen LogP contribution in [0.4, 0.5) is 0 Å². The molecule has 0 saturated carbocycles. The predicted molar refractivity (Wildman–Crippen MR) is 132 cm³/mol.